The van der Waals surface area contributed by atoms with Gasteiger partial charge in [-0.15, -0.1) is 11.8 Å². The summed E-state index contributed by atoms with van der Waals surface area (Å²) in [5.74, 6) is 0.395. The predicted molar refractivity (Wildman–Crippen MR) is 82.9 cm³/mol. The van der Waals surface area contributed by atoms with E-state index < -0.39 is 6.04 Å². The number of carbonyl (C=O) groups is 2. The number of para-hydroxylation sites is 1. The highest BCUT2D eigenvalue weighted by Crippen LogP contribution is 2.44. The van der Waals surface area contributed by atoms with Crippen molar-refractivity contribution in [1.29, 1.82) is 0 Å². The second-order valence-corrected chi connectivity index (χ2v) is 6.09. The Balaban J connectivity index is 2.23. The van der Waals surface area contributed by atoms with Crippen LogP contribution in [-0.2, 0) is 9.59 Å². The zero-order chi connectivity index (χ0) is 15.4. The largest absolute Gasteiger partial charge is 0.508 e. The highest BCUT2D eigenvalue weighted by molar-refractivity contribution is 7.99. The molecule has 0 radical (unpaired) electrons. The van der Waals surface area contributed by atoms with Gasteiger partial charge in [0.15, 0.2) is 0 Å². The third-order valence-electron chi connectivity index (χ3n) is 3.42. The maximum absolute atomic E-state index is 12.2. The van der Waals surface area contributed by atoms with E-state index in [1.54, 1.807) is 23.1 Å². The lowest BCUT2D eigenvalue weighted by Gasteiger charge is -2.28. The van der Waals surface area contributed by atoms with Gasteiger partial charge < -0.3 is 15.3 Å². The molecule has 6 heteroatoms. The third kappa shape index (κ3) is 3.32. The number of hydrogen-bond donors (Lipinski definition) is 2. The van der Waals surface area contributed by atoms with E-state index >= 15 is 0 Å². The lowest BCUT2D eigenvalue weighted by Crippen LogP contribution is -2.47. The number of rotatable bonds is 4. The molecule has 0 saturated carbocycles. The van der Waals surface area contributed by atoms with Crippen LogP contribution in [0, 0.1) is 0 Å². The number of phenols is 1. The third-order valence-corrected chi connectivity index (χ3v) is 4.72. The van der Waals surface area contributed by atoms with E-state index in [9.17, 15) is 14.7 Å². The van der Waals surface area contributed by atoms with Crippen LogP contribution in [0.2, 0.25) is 0 Å². The van der Waals surface area contributed by atoms with Crippen LogP contribution in [0.4, 0.5) is 0 Å². The maximum atomic E-state index is 12.2. The molecule has 0 bridgehead atoms. The number of benzene rings is 1. The molecular formula is C15H20N2O3S. The molecule has 1 aromatic carbocycles. The van der Waals surface area contributed by atoms with Crippen molar-refractivity contribution in [3.05, 3.63) is 29.8 Å². The van der Waals surface area contributed by atoms with Crippen LogP contribution in [-0.4, -0.2) is 40.2 Å². The van der Waals surface area contributed by atoms with Crippen molar-refractivity contribution in [2.45, 2.75) is 31.7 Å². The zero-order valence-electron chi connectivity index (χ0n) is 12.2. The molecule has 21 heavy (non-hydrogen) atoms. The Morgan fingerprint density at radius 2 is 2.14 bits per heavy atom. The predicted octanol–water partition coefficient (Wildman–Crippen LogP) is 1.88. The van der Waals surface area contributed by atoms with Gasteiger partial charge in [-0.2, -0.15) is 0 Å². The summed E-state index contributed by atoms with van der Waals surface area (Å²) in [5.41, 5.74) is 0.670. The van der Waals surface area contributed by atoms with Gasteiger partial charge in [-0.05, 0) is 12.5 Å². The lowest BCUT2D eigenvalue weighted by molar-refractivity contribution is -0.138. The Morgan fingerprint density at radius 1 is 1.43 bits per heavy atom. The summed E-state index contributed by atoms with van der Waals surface area (Å²) in [7, 11) is 0. The van der Waals surface area contributed by atoms with E-state index in [1.165, 1.54) is 18.7 Å². The first-order valence-corrected chi connectivity index (χ1v) is 8.07. The first-order chi connectivity index (χ1) is 10.1. The van der Waals surface area contributed by atoms with E-state index in [0.717, 1.165) is 6.42 Å². The van der Waals surface area contributed by atoms with Gasteiger partial charge in [-0.25, -0.2) is 0 Å². The van der Waals surface area contributed by atoms with E-state index in [0.29, 0.717) is 17.9 Å². The average molecular weight is 308 g/mol. The molecule has 1 heterocycles. The average Bonchev–Trinajstić information content (AvgIpc) is 2.90. The fraction of sp³-hybridized carbons (Fsp3) is 0.467. The minimum absolute atomic E-state index is 0.127. The van der Waals surface area contributed by atoms with Crippen LogP contribution in [0.25, 0.3) is 0 Å². The van der Waals surface area contributed by atoms with Gasteiger partial charge in [-0.1, -0.05) is 25.1 Å². The molecule has 2 N–H and O–H groups in total. The van der Waals surface area contributed by atoms with Crippen LogP contribution < -0.4 is 5.32 Å². The molecule has 2 atom stereocenters. The Kier molecular flexibility index (Phi) is 5.12. The molecule has 1 aliphatic heterocycles. The number of aromatic hydroxyl groups is 1. The molecule has 1 fully saturated rings. The summed E-state index contributed by atoms with van der Waals surface area (Å²) < 4.78 is 0. The first kappa shape index (κ1) is 15.7. The number of nitrogens with one attached hydrogen (secondary N) is 1. The SMILES string of the molecule is CCCNC(=O)[C@@H]1CS[C@H](c2ccccc2O)N1C(C)=O. The molecule has 0 unspecified atom stereocenters. The molecule has 2 amide bonds. The summed E-state index contributed by atoms with van der Waals surface area (Å²) in [6.07, 6.45) is 0.856. The monoisotopic (exact) mass is 308 g/mol. The minimum Gasteiger partial charge on any atom is -0.508 e. The van der Waals surface area contributed by atoms with Gasteiger partial charge in [0.1, 0.15) is 17.2 Å². The minimum atomic E-state index is -0.483. The summed E-state index contributed by atoms with van der Waals surface area (Å²) in [5, 5.41) is 12.5. The quantitative estimate of drug-likeness (QED) is 0.891. The molecule has 0 spiro atoms. The van der Waals surface area contributed by atoms with Crippen molar-refractivity contribution < 1.29 is 14.7 Å². The number of amides is 2. The molecule has 1 aliphatic rings. The maximum Gasteiger partial charge on any atom is 0.243 e. The number of phenolic OH excluding ortho intramolecular Hbond substituents is 1. The highest BCUT2D eigenvalue weighted by Gasteiger charge is 2.41. The second kappa shape index (κ2) is 6.85. The molecule has 1 saturated heterocycles. The van der Waals surface area contributed by atoms with E-state index in [1.807, 2.05) is 13.0 Å². The zero-order valence-corrected chi connectivity index (χ0v) is 13.0. The molecule has 0 aliphatic carbocycles. The van der Waals surface area contributed by atoms with Crippen molar-refractivity contribution in [3.63, 3.8) is 0 Å². The van der Waals surface area contributed by atoms with Crippen molar-refractivity contribution in [1.82, 2.24) is 10.2 Å². The van der Waals surface area contributed by atoms with E-state index in [4.69, 9.17) is 0 Å². The van der Waals surface area contributed by atoms with E-state index in [-0.39, 0.29) is 22.9 Å². The molecule has 0 aromatic heterocycles. The van der Waals surface area contributed by atoms with Gasteiger partial charge in [0.05, 0.1) is 0 Å². The number of nitrogens with zero attached hydrogens (tertiary/aromatic N) is 1. The van der Waals surface area contributed by atoms with Gasteiger partial charge in [0, 0.05) is 24.8 Å². The lowest BCUT2D eigenvalue weighted by atomic mass is 10.1. The summed E-state index contributed by atoms with van der Waals surface area (Å²) in [4.78, 5) is 25.7. The van der Waals surface area contributed by atoms with Gasteiger partial charge in [0.25, 0.3) is 0 Å². The van der Waals surface area contributed by atoms with Gasteiger partial charge >= 0.3 is 0 Å². The second-order valence-electron chi connectivity index (χ2n) is 4.98. The Hall–Kier alpha value is -1.69. The van der Waals surface area contributed by atoms with E-state index in [2.05, 4.69) is 5.32 Å². The standard InChI is InChI=1S/C15H20N2O3S/c1-3-8-16-14(20)12-9-21-15(17(12)10(2)18)11-6-4-5-7-13(11)19/h4-7,12,15,19H,3,8-9H2,1-2H3,(H,16,20)/t12-,15+/m0/s1. The Morgan fingerprint density at radius 3 is 2.76 bits per heavy atom. The number of thioether (sulfide) groups is 1. The normalized spacial score (nSPS) is 21.3. The topological polar surface area (TPSA) is 69.6 Å². The summed E-state index contributed by atoms with van der Waals surface area (Å²) >= 11 is 1.50. The summed E-state index contributed by atoms with van der Waals surface area (Å²) in [6, 6.07) is 6.46. The van der Waals surface area contributed by atoms with Crippen molar-refractivity contribution in [3.8, 4) is 5.75 Å². The number of carbonyl (C=O) groups excluding carboxylic acids is 2. The molecule has 5 nitrogen and oxygen atoms in total. The van der Waals surface area contributed by atoms with Crippen LogP contribution in [0.15, 0.2) is 24.3 Å². The molecule has 2 rings (SSSR count). The summed E-state index contributed by atoms with van der Waals surface area (Å²) in [6.45, 7) is 4.04. The van der Waals surface area contributed by atoms with Crippen molar-refractivity contribution >= 4 is 23.6 Å². The fourth-order valence-corrected chi connectivity index (χ4v) is 3.91. The molecular weight excluding hydrogens is 288 g/mol. The first-order valence-electron chi connectivity index (χ1n) is 7.02. The van der Waals surface area contributed by atoms with Crippen LogP contribution in [0.3, 0.4) is 0 Å². The smallest absolute Gasteiger partial charge is 0.243 e. The van der Waals surface area contributed by atoms with Crippen molar-refractivity contribution in [2.24, 2.45) is 0 Å². The van der Waals surface area contributed by atoms with Crippen LogP contribution >= 0.6 is 11.8 Å². The Labute approximate surface area is 128 Å². The van der Waals surface area contributed by atoms with Gasteiger partial charge in [0.2, 0.25) is 11.8 Å². The fourth-order valence-electron chi connectivity index (χ4n) is 2.39. The van der Waals surface area contributed by atoms with Crippen LogP contribution in [0.5, 0.6) is 5.75 Å². The molecule has 1 aromatic rings. The Bertz CT molecular complexity index is 535. The highest BCUT2D eigenvalue weighted by atomic mass is 32.2. The van der Waals surface area contributed by atoms with Crippen LogP contribution in [0.1, 0.15) is 31.2 Å². The van der Waals surface area contributed by atoms with Gasteiger partial charge in [-0.3, -0.25) is 9.59 Å². The van der Waals surface area contributed by atoms with Crippen molar-refractivity contribution in [2.75, 3.05) is 12.3 Å². The number of hydrogen-bond acceptors (Lipinski definition) is 4. The molecule has 114 valence electrons.